The molecule has 0 bridgehead atoms. The molecule has 8 heteroatoms. The van der Waals surface area contributed by atoms with Crippen LogP contribution >= 0.6 is 11.8 Å². The first-order chi connectivity index (χ1) is 14.2. The first-order valence-electron chi connectivity index (χ1n) is 9.22. The molecule has 0 fully saturated rings. The Bertz CT molecular complexity index is 913. The zero-order valence-electron chi connectivity index (χ0n) is 16.5. The molecule has 7 nitrogen and oxygen atoms in total. The van der Waals surface area contributed by atoms with Gasteiger partial charge < -0.3 is 14.8 Å². The van der Waals surface area contributed by atoms with E-state index in [0.717, 1.165) is 22.8 Å². The second kappa shape index (κ2) is 10.6. The summed E-state index contributed by atoms with van der Waals surface area (Å²) in [5, 5.41) is 12.2. The maximum Gasteiger partial charge on any atom is 0.230 e. The van der Waals surface area contributed by atoms with Crippen LogP contribution in [0.5, 0.6) is 5.75 Å². The van der Waals surface area contributed by atoms with Gasteiger partial charge in [-0.3, -0.25) is 9.36 Å². The quantitative estimate of drug-likeness (QED) is 0.408. The highest BCUT2D eigenvalue weighted by atomic mass is 32.2. The van der Waals surface area contributed by atoms with E-state index in [4.69, 9.17) is 9.47 Å². The largest absolute Gasteiger partial charge is 0.497 e. The van der Waals surface area contributed by atoms with Gasteiger partial charge in [-0.2, -0.15) is 0 Å². The molecule has 1 amide bonds. The molecule has 0 spiro atoms. The molecular weight excluding hydrogens is 388 g/mol. The topological polar surface area (TPSA) is 78.3 Å². The normalized spacial score (nSPS) is 10.7. The fourth-order valence-electron chi connectivity index (χ4n) is 2.75. The van der Waals surface area contributed by atoms with Gasteiger partial charge in [0.25, 0.3) is 0 Å². The minimum Gasteiger partial charge on any atom is -0.497 e. The van der Waals surface area contributed by atoms with Crippen LogP contribution in [0.15, 0.2) is 59.8 Å². The van der Waals surface area contributed by atoms with Gasteiger partial charge in [-0.1, -0.05) is 42.1 Å². The number of benzene rings is 2. The van der Waals surface area contributed by atoms with Crippen LogP contribution in [0.3, 0.4) is 0 Å². The van der Waals surface area contributed by atoms with Crippen LogP contribution < -0.4 is 10.1 Å². The Hall–Kier alpha value is -2.84. The van der Waals surface area contributed by atoms with E-state index in [9.17, 15) is 4.79 Å². The van der Waals surface area contributed by atoms with Crippen molar-refractivity contribution < 1.29 is 14.3 Å². The smallest absolute Gasteiger partial charge is 0.230 e. The predicted molar refractivity (Wildman–Crippen MR) is 113 cm³/mol. The van der Waals surface area contributed by atoms with E-state index in [0.29, 0.717) is 24.7 Å². The molecule has 29 heavy (non-hydrogen) atoms. The lowest BCUT2D eigenvalue weighted by molar-refractivity contribution is -0.118. The Balaban J connectivity index is 1.82. The fourth-order valence-corrected chi connectivity index (χ4v) is 3.55. The SMILES string of the molecule is COCCNC(=O)CSc1nnc(Cc2ccccc2)n1-c1ccc(OC)cc1. The van der Waals surface area contributed by atoms with Crippen molar-refractivity contribution in [1.82, 2.24) is 20.1 Å². The van der Waals surface area contributed by atoms with Crippen molar-refractivity contribution in [2.75, 3.05) is 33.1 Å². The van der Waals surface area contributed by atoms with Gasteiger partial charge in [-0.05, 0) is 29.8 Å². The summed E-state index contributed by atoms with van der Waals surface area (Å²) >= 11 is 1.35. The van der Waals surface area contributed by atoms with E-state index < -0.39 is 0 Å². The van der Waals surface area contributed by atoms with Crippen LogP contribution in [0.4, 0.5) is 0 Å². The number of carbonyl (C=O) groups is 1. The molecule has 0 atom stereocenters. The van der Waals surface area contributed by atoms with E-state index >= 15 is 0 Å². The Morgan fingerprint density at radius 2 is 1.83 bits per heavy atom. The number of hydrogen-bond acceptors (Lipinski definition) is 6. The molecule has 1 N–H and O–H groups in total. The Labute approximate surface area is 174 Å². The highest BCUT2D eigenvalue weighted by Gasteiger charge is 2.16. The Morgan fingerprint density at radius 3 is 2.52 bits per heavy atom. The third-order valence-corrected chi connectivity index (χ3v) is 5.13. The number of hydrogen-bond donors (Lipinski definition) is 1. The number of thioether (sulfide) groups is 1. The lowest BCUT2D eigenvalue weighted by atomic mass is 10.1. The molecule has 0 unspecified atom stereocenters. The summed E-state index contributed by atoms with van der Waals surface area (Å²) in [5.41, 5.74) is 2.06. The second-order valence-electron chi connectivity index (χ2n) is 6.23. The van der Waals surface area contributed by atoms with Gasteiger partial charge in [0.2, 0.25) is 5.91 Å². The van der Waals surface area contributed by atoms with Crippen molar-refractivity contribution in [3.05, 3.63) is 66.0 Å². The molecule has 1 heterocycles. The van der Waals surface area contributed by atoms with Gasteiger partial charge in [0.05, 0.1) is 19.5 Å². The average Bonchev–Trinajstić information content (AvgIpc) is 3.15. The van der Waals surface area contributed by atoms with Crippen molar-refractivity contribution in [3.8, 4) is 11.4 Å². The van der Waals surface area contributed by atoms with Crippen LogP contribution in [0.2, 0.25) is 0 Å². The molecule has 0 aliphatic carbocycles. The maximum absolute atomic E-state index is 12.1. The summed E-state index contributed by atoms with van der Waals surface area (Å²) in [6.45, 7) is 0.972. The van der Waals surface area contributed by atoms with Gasteiger partial charge in [-0.25, -0.2) is 0 Å². The third kappa shape index (κ3) is 5.82. The summed E-state index contributed by atoms with van der Waals surface area (Å²) in [6, 6.07) is 17.8. The molecule has 0 radical (unpaired) electrons. The highest BCUT2D eigenvalue weighted by Crippen LogP contribution is 2.25. The number of nitrogens with zero attached hydrogens (tertiary/aromatic N) is 3. The lowest BCUT2D eigenvalue weighted by Crippen LogP contribution is -2.28. The summed E-state index contributed by atoms with van der Waals surface area (Å²) in [4.78, 5) is 12.1. The standard InChI is InChI=1S/C21H24N4O3S/c1-27-13-12-22-20(26)15-29-21-24-23-19(14-16-6-4-3-5-7-16)25(21)17-8-10-18(28-2)11-9-17/h3-11H,12-15H2,1-2H3,(H,22,26). The molecule has 3 rings (SSSR count). The van der Waals surface area contributed by atoms with E-state index in [1.807, 2.05) is 47.0 Å². The maximum atomic E-state index is 12.1. The summed E-state index contributed by atoms with van der Waals surface area (Å²) in [7, 11) is 3.24. The Morgan fingerprint density at radius 1 is 1.07 bits per heavy atom. The highest BCUT2D eigenvalue weighted by molar-refractivity contribution is 7.99. The number of nitrogens with one attached hydrogen (secondary N) is 1. The number of rotatable bonds is 10. The van der Waals surface area contributed by atoms with E-state index in [2.05, 4.69) is 27.6 Å². The second-order valence-corrected chi connectivity index (χ2v) is 7.17. The molecule has 0 saturated heterocycles. The van der Waals surface area contributed by atoms with Crippen LogP contribution in [0.1, 0.15) is 11.4 Å². The van der Waals surface area contributed by atoms with Gasteiger partial charge in [0.1, 0.15) is 11.6 Å². The van der Waals surface area contributed by atoms with Crippen molar-refractivity contribution in [3.63, 3.8) is 0 Å². The minimum absolute atomic E-state index is 0.0686. The van der Waals surface area contributed by atoms with E-state index in [1.165, 1.54) is 11.8 Å². The lowest BCUT2D eigenvalue weighted by Gasteiger charge is -2.11. The average molecular weight is 413 g/mol. The first kappa shape index (κ1) is 20.9. The monoisotopic (exact) mass is 412 g/mol. The molecule has 152 valence electrons. The summed E-state index contributed by atoms with van der Waals surface area (Å²) in [6.07, 6.45) is 0.639. The molecule has 0 aliphatic heterocycles. The summed E-state index contributed by atoms with van der Waals surface area (Å²) < 4.78 is 12.2. The molecule has 1 aromatic heterocycles. The van der Waals surface area contributed by atoms with Crippen LogP contribution in [-0.2, 0) is 16.0 Å². The van der Waals surface area contributed by atoms with Gasteiger partial charge in [-0.15, -0.1) is 10.2 Å². The minimum atomic E-state index is -0.0686. The van der Waals surface area contributed by atoms with Crippen LogP contribution in [0.25, 0.3) is 5.69 Å². The van der Waals surface area contributed by atoms with Gasteiger partial charge in [0.15, 0.2) is 5.16 Å². The number of methoxy groups -OCH3 is 2. The van der Waals surface area contributed by atoms with Gasteiger partial charge >= 0.3 is 0 Å². The van der Waals surface area contributed by atoms with Gasteiger partial charge in [0, 0.05) is 25.8 Å². The van der Waals surface area contributed by atoms with Crippen LogP contribution in [0, 0.1) is 0 Å². The van der Waals surface area contributed by atoms with E-state index in [1.54, 1.807) is 14.2 Å². The summed E-state index contributed by atoms with van der Waals surface area (Å²) in [5.74, 6) is 1.77. The van der Waals surface area contributed by atoms with Crippen molar-refractivity contribution >= 4 is 17.7 Å². The molecule has 2 aromatic carbocycles. The van der Waals surface area contributed by atoms with Crippen molar-refractivity contribution in [2.45, 2.75) is 11.6 Å². The predicted octanol–water partition coefficient (Wildman–Crippen LogP) is 2.72. The fraction of sp³-hybridized carbons (Fsp3) is 0.286. The zero-order chi connectivity index (χ0) is 20.5. The number of ether oxygens (including phenoxy) is 2. The number of aromatic nitrogens is 3. The molecule has 0 aliphatic rings. The molecular formula is C21H24N4O3S. The number of amides is 1. The number of carbonyl (C=O) groups excluding carboxylic acids is 1. The van der Waals surface area contributed by atoms with E-state index in [-0.39, 0.29) is 11.7 Å². The molecule has 0 saturated carbocycles. The zero-order valence-corrected chi connectivity index (χ0v) is 17.3. The Kier molecular flexibility index (Phi) is 7.66. The third-order valence-electron chi connectivity index (χ3n) is 4.20. The van der Waals surface area contributed by atoms with Crippen molar-refractivity contribution in [2.24, 2.45) is 0 Å². The van der Waals surface area contributed by atoms with Crippen LogP contribution in [-0.4, -0.2) is 53.8 Å². The van der Waals surface area contributed by atoms with Crippen molar-refractivity contribution in [1.29, 1.82) is 0 Å². The first-order valence-corrected chi connectivity index (χ1v) is 10.2. The molecule has 3 aromatic rings.